The highest BCUT2D eigenvalue weighted by molar-refractivity contribution is 7.99. The Balaban J connectivity index is 2.25. The predicted molar refractivity (Wildman–Crippen MR) is 73.7 cm³/mol. The van der Waals surface area contributed by atoms with Crippen LogP contribution in [0.2, 0.25) is 0 Å². The number of hydrogen-bond acceptors (Lipinski definition) is 3. The molecule has 0 saturated carbocycles. The van der Waals surface area contributed by atoms with E-state index in [-0.39, 0.29) is 0 Å². The highest BCUT2D eigenvalue weighted by Crippen LogP contribution is 2.32. The van der Waals surface area contributed by atoms with Crippen molar-refractivity contribution >= 4 is 18.0 Å². The van der Waals surface area contributed by atoms with E-state index in [4.69, 9.17) is 4.74 Å². The van der Waals surface area contributed by atoms with Gasteiger partial charge < -0.3 is 4.74 Å². The van der Waals surface area contributed by atoms with Crippen LogP contribution in [0.1, 0.15) is 15.9 Å². The highest BCUT2D eigenvalue weighted by atomic mass is 32.2. The molecule has 0 aliphatic carbocycles. The fourth-order valence-electron chi connectivity index (χ4n) is 1.65. The second-order valence-electron chi connectivity index (χ2n) is 3.92. The number of aryl methyl sites for hydroxylation is 1. The van der Waals surface area contributed by atoms with Gasteiger partial charge in [0.2, 0.25) is 0 Å². The lowest BCUT2D eigenvalue weighted by molar-refractivity contribution is 0.112. The van der Waals surface area contributed by atoms with E-state index in [2.05, 4.69) is 0 Å². The van der Waals surface area contributed by atoms with Crippen molar-refractivity contribution in [3.05, 3.63) is 53.6 Å². The van der Waals surface area contributed by atoms with Crippen LogP contribution in [0.4, 0.5) is 0 Å². The van der Waals surface area contributed by atoms with Crippen LogP contribution in [0.25, 0.3) is 0 Å². The van der Waals surface area contributed by atoms with Gasteiger partial charge in [0.15, 0.2) is 0 Å². The van der Waals surface area contributed by atoms with Gasteiger partial charge in [-0.15, -0.1) is 0 Å². The predicted octanol–water partition coefficient (Wildman–Crippen LogP) is 3.97. The Labute approximate surface area is 111 Å². The van der Waals surface area contributed by atoms with Crippen molar-refractivity contribution in [2.24, 2.45) is 0 Å². The topological polar surface area (TPSA) is 26.3 Å². The maximum atomic E-state index is 10.7. The van der Waals surface area contributed by atoms with E-state index in [1.165, 1.54) is 0 Å². The van der Waals surface area contributed by atoms with Crippen LogP contribution in [-0.4, -0.2) is 13.4 Å². The van der Waals surface area contributed by atoms with Gasteiger partial charge in [0.05, 0.1) is 7.11 Å². The van der Waals surface area contributed by atoms with Crippen molar-refractivity contribution in [1.82, 2.24) is 0 Å². The second kappa shape index (κ2) is 5.74. The van der Waals surface area contributed by atoms with Crippen LogP contribution in [-0.2, 0) is 0 Å². The summed E-state index contributed by atoms with van der Waals surface area (Å²) in [5, 5.41) is 0. The molecule has 0 unspecified atom stereocenters. The zero-order chi connectivity index (χ0) is 13.0. The quantitative estimate of drug-likeness (QED) is 0.776. The number of hydrogen-bond donors (Lipinski definition) is 0. The molecule has 2 rings (SSSR count). The third-order valence-corrected chi connectivity index (χ3v) is 3.77. The molecule has 0 aliphatic rings. The molecule has 0 saturated heterocycles. The Kier molecular flexibility index (Phi) is 4.05. The van der Waals surface area contributed by atoms with Crippen LogP contribution in [0.5, 0.6) is 5.75 Å². The number of ether oxygens (including phenoxy) is 1. The van der Waals surface area contributed by atoms with Gasteiger partial charge in [-0.05, 0) is 42.8 Å². The van der Waals surface area contributed by atoms with Gasteiger partial charge in [-0.25, -0.2) is 0 Å². The molecule has 92 valence electrons. The first-order valence-corrected chi connectivity index (χ1v) is 6.42. The largest absolute Gasteiger partial charge is 0.497 e. The first-order valence-electron chi connectivity index (χ1n) is 5.60. The van der Waals surface area contributed by atoms with Crippen molar-refractivity contribution in [3.63, 3.8) is 0 Å². The van der Waals surface area contributed by atoms with Crippen LogP contribution in [0.15, 0.2) is 52.3 Å². The van der Waals surface area contributed by atoms with Gasteiger partial charge in [0, 0.05) is 15.4 Å². The molecule has 0 bridgehead atoms. The molecule has 0 spiro atoms. The van der Waals surface area contributed by atoms with Gasteiger partial charge in [0.25, 0.3) is 0 Å². The monoisotopic (exact) mass is 258 g/mol. The number of aldehydes is 1. The summed E-state index contributed by atoms with van der Waals surface area (Å²) >= 11 is 1.67. The average Bonchev–Trinajstić information content (AvgIpc) is 2.41. The summed E-state index contributed by atoms with van der Waals surface area (Å²) < 4.78 is 5.20. The molecule has 0 amide bonds. The molecule has 0 N–H and O–H groups in total. The summed E-state index contributed by atoms with van der Waals surface area (Å²) in [6.45, 7) is 2.01. The first kappa shape index (κ1) is 12.7. The van der Waals surface area contributed by atoms with Crippen LogP contribution in [0.3, 0.4) is 0 Å². The van der Waals surface area contributed by atoms with E-state index < -0.39 is 0 Å². The van der Waals surface area contributed by atoms with Crippen LogP contribution in [0, 0.1) is 6.92 Å². The van der Waals surface area contributed by atoms with E-state index in [1.807, 2.05) is 49.4 Å². The Morgan fingerprint density at radius 2 is 2.00 bits per heavy atom. The number of carbonyl (C=O) groups is 1. The number of rotatable bonds is 4. The highest BCUT2D eigenvalue weighted by Gasteiger charge is 2.03. The fourth-order valence-corrected chi connectivity index (χ4v) is 2.58. The third kappa shape index (κ3) is 2.93. The molecule has 18 heavy (non-hydrogen) atoms. The lowest BCUT2D eigenvalue weighted by Gasteiger charge is -2.07. The molecule has 3 heteroatoms. The minimum absolute atomic E-state index is 0.711. The molecule has 2 nitrogen and oxygen atoms in total. The summed E-state index contributed by atoms with van der Waals surface area (Å²) in [6, 6.07) is 13.6. The van der Waals surface area contributed by atoms with Gasteiger partial charge >= 0.3 is 0 Å². The molecule has 0 atom stereocenters. The molecule has 0 fully saturated rings. The van der Waals surface area contributed by atoms with E-state index in [0.717, 1.165) is 27.4 Å². The molecule has 0 heterocycles. The minimum atomic E-state index is 0.711. The second-order valence-corrected chi connectivity index (χ2v) is 5.04. The fraction of sp³-hybridized carbons (Fsp3) is 0.133. The zero-order valence-electron chi connectivity index (χ0n) is 10.3. The summed E-state index contributed by atoms with van der Waals surface area (Å²) in [5.41, 5.74) is 1.81. The number of carbonyl (C=O) groups excluding carboxylic acids is 1. The summed E-state index contributed by atoms with van der Waals surface area (Å²) in [4.78, 5) is 13.0. The van der Waals surface area contributed by atoms with Crippen molar-refractivity contribution in [2.75, 3.05) is 7.11 Å². The Morgan fingerprint density at radius 3 is 2.67 bits per heavy atom. The van der Waals surface area contributed by atoms with Crippen molar-refractivity contribution in [3.8, 4) is 5.75 Å². The summed E-state index contributed by atoms with van der Waals surface area (Å²) in [5.74, 6) is 0.849. The van der Waals surface area contributed by atoms with E-state index in [9.17, 15) is 4.79 Å². The molecule has 2 aromatic rings. The minimum Gasteiger partial charge on any atom is -0.497 e. The van der Waals surface area contributed by atoms with Gasteiger partial charge in [-0.2, -0.15) is 0 Å². The third-order valence-electron chi connectivity index (χ3n) is 2.60. The van der Waals surface area contributed by atoms with Gasteiger partial charge in [-0.1, -0.05) is 23.9 Å². The first-order chi connectivity index (χ1) is 8.72. The van der Waals surface area contributed by atoms with Crippen LogP contribution < -0.4 is 4.74 Å². The number of benzene rings is 2. The molecule has 0 aromatic heterocycles. The zero-order valence-corrected chi connectivity index (χ0v) is 11.2. The SMILES string of the molecule is COc1cccc(Sc2ccc(C=O)cc2C)c1. The Hall–Kier alpha value is -1.74. The normalized spacial score (nSPS) is 10.1. The number of methoxy groups -OCH3 is 1. The average molecular weight is 258 g/mol. The molecule has 2 aromatic carbocycles. The van der Waals surface area contributed by atoms with Gasteiger partial charge in [0.1, 0.15) is 12.0 Å². The molecule has 0 aliphatic heterocycles. The van der Waals surface area contributed by atoms with Gasteiger partial charge in [-0.3, -0.25) is 4.79 Å². The standard InChI is InChI=1S/C15H14O2S/c1-11-8-12(10-16)6-7-15(11)18-14-5-3-4-13(9-14)17-2/h3-10H,1-2H3. The molecular formula is C15H14O2S. The molecular weight excluding hydrogens is 244 g/mol. The van der Waals surface area contributed by atoms with Crippen molar-refractivity contribution in [1.29, 1.82) is 0 Å². The van der Waals surface area contributed by atoms with Crippen molar-refractivity contribution < 1.29 is 9.53 Å². The Morgan fingerprint density at radius 1 is 1.17 bits per heavy atom. The lowest BCUT2D eigenvalue weighted by Crippen LogP contribution is -1.86. The lowest BCUT2D eigenvalue weighted by atomic mass is 10.2. The van der Waals surface area contributed by atoms with Crippen LogP contribution >= 0.6 is 11.8 Å². The van der Waals surface area contributed by atoms with E-state index in [1.54, 1.807) is 18.9 Å². The summed E-state index contributed by atoms with van der Waals surface area (Å²) in [6.07, 6.45) is 0.868. The molecule has 0 radical (unpaired) electrons. The van der Waals surface area contributed by atoms with E-state index in [0.29, 0.717) is 5.56 Å². The Bertz CT molecular complexity index is 564. The maximum Gasteiger partial charge on any atom is 0.150 e. The summed E-state index contributed by atoms with van der Waals surface area (Å²) in [7, 11) is 1.66. The smallest absolute Gasteiger partial charge is 0.150 e. The van der Waals surface area contributed by atoms with E-state index >= 15 is 0 Å². The van der Waals surface area contributed by atoms with Crippen molar-refractivity contribution in [2.45, 2.75) is 16.7 Å². The maximum absolute atomic E-state index is 10.7.